The van der Waals surface area contributed by atoms with Crippen LogP contribution in [0.4, 0.5) is 0 Å². The van der Waals surface area contributed by atoms with Gasteiger partial charge in [0.25, 0.3) is 5.91 Å². The molecule has 2 rings (SSSR count). The van der Waals surface area contributed by atoms with Gasteiger partial charge >= 0.3 is 0 Å². The molecule has 0 saturated carbocycles. The van der Waals surface area contributed by atoms with E-state index < -0.39 is 0 Å². The largest absolute Gasteiger partial charge is 0.493 e. The number of likely N-dealkylation sites (tertiary alicyclic amines) is 1. The van der Waals surface area contributed by atoms with Crippen molar-refractivity contribution in [3.8, 4) is 17.2 Å². The van der Waals surface area contributed by atoms with Crippen LogP contribution in [-0.2, 0) is 4.79 Å². The lowest BCUT2D eigenvalue weighted by Crippen LogP contribution is -2.38. The molecule has 0 atom stereocenters. The number of nitrogens with zero attached hydrogens (tertiary/aromatic N) is 1. The van der Waals surface area contributed by atoms with Gasteiger partial charge in [0.05, 0.1) is 26.9 Å². The number of methoxy groups -OCH3 is 3. The van der Waals surface area contributed by atoms with Gasteiger partial charge in [0.2, 0.25) is 5.75 Å². The number of carbonyl (C=O) groups excluding carboxylic acids is 2. The average molecular weight is 293 g/mol. The predicted octanol–water partition coefficient (Wildman–Crippen LogP) is 1.52. The molecule has 21 heavy (non-hydrogen) atoms. The van der Waals surface area contributed by atoms with E-state index in [4.69, 9.17) is 14.2 Å². The van der Waals surface area contributed by atoms with Gasteiger partial charge in [-0.2, -0.15) is 0 Å². The number of rotatable bonds is 4. The van der Waals surface area contributed by atoms with E-state index in [-0.39, 0.29) is 11.7 Å². The Bertz CT molecular complexity index is 545. The van der Waals surface area contributed by atoms with Crippen LogP contribution in [0, 0.1) is 0 Å². The van der Waals surface area contributed by atoms with Gasteiger partial charge < -0.3 is 19.1 Å². The molecule has 1 aromatic carbocycles. The summed E-state index contributed by atoms with van der Waals surface area (Å²) in [5, 5.41) is 0. The van der Waals surface area contributed by atoms with Crippen molar-refractivity contribution in [3.05, 3.63) is 17.7 Å². The molecule has 1 fully saturated rings. The van der Waals surface area contributed by atoms with Crippen LogP contribution in [0.25, 0.3) is 0 Å². The molecule has 6 heteroatoms. The summed E-state index contributed by atoms with van der Waals surface area (Å²) in [6.45, 7) is 0.879. The van der Waals surface area contributed by atoms with Crippen LogP contribution in [0.2, 0.25) is 0 Å². The second-order valence-electron chi connectivity index (χ2n) is 4.71. The molecule has 0 bridgehead atoms. The molecule has 1 amide bonds. The maximum atomic E-state index is 12.6. The topological polar surface area (TPSA) is 65.1 Å². The van der Waals surface area contributed by atoms with E-state index in [1.165, 1.54) is 21.3 Å². The Morgan fingerprint density at radius 2 is 1.62 bits per heavy atom. The number of hydrogen-bond acceptors (Lipinski definition) is 5. The third kappa shape index (κ3) is 2.94. The van der Waals surface area contributed by atoms with Crippen molar-refractivity contribution in [1.29, 1.82) is 0 Å². The standard InChI is InChI=1S/C15H19NO5/c1-19-12-5-4-11(13(20-2)14(12)21-3)15(18)16-8-6-10(17)7-9-16/h4-5H,6-9H2,1-3H3. The summed E-state index contributed by atoms with van der Waals surface area (Å²) in [4.78, 5) is 25.5. The molecule has 1 aromatic rings. The summed E-state index contributed by atoms with van der Waals surface area (Å²) in [5.74, 6) is 1.26. The van der Waals surface area contributed by atoms with Crippen LogP contribution in [0.1, 0.15) is 23.2 Å². The lowest BCUT2D eigenvalue weighted by Gasteiger charge is -2.27. The van der Waals surface area contributed by atoms with E-state index in [2.05, 4.69) is 0 Å². The van der Waals surface area contributed by atoms with E-state index in [1.54, 1.807) is 17.0 Å². The molecule has 1 heterocycles. The quantitative estimate of drug-likeness (QED) is 0.842. The fourth-order valence-corrected chi connectivity index (χ4v) is 2.40. The van der Waals surface area contributed by atoms with E-state index in [1.807, 2.05) is 0 Å². The monoisotopic (exact) mass is 293 g/mol. The highest BCUT2D eigenvalue weighted by molar-refractivity contribution is 5.99. The summed E-state index contributed by atoms with van der Waals surface area (Å²) in [6.07, 6.45) is 0.808. The molecule has 0 radical (unpaired) electrons. The van der Waals surface area contributed by atoms with E-state index in [9.17, 15) is 9.59 Å². The first-order valence-corrected chi connectivity index (χ1v) is 6.72. The number of amides is 1. The Kier molecular flexibility index (Phi) is 4.67. The summed E-state index contributed by atoms with van der Waals surface area (Å²) >= 11 is 0. The first-order chi connectivity index (χ1) is 10.1. The molecule has 0 unspecified atom stereocenters. The van der Waals surface area contributed by atoms with Gasteiger partial charge in [-0.1, -0.05) is 0 Å². The lowest BCUT2D eigenvalue weighted by atomic mass is 10.1. The van der Waals surface area contributed by atoms with Crippen molar-refractivity contribution >= 4 is 11.7 Å². The predicted molar refractivity (Wildman–Crippen MR) is 76.2 cm³/mol. The van der Waals surface area contributed by atoms with Crippen LogP contribution in [-0.4, -0.2) is 51.0 Å². The fourth-order valence-electron chi connectivity index (χ4n) is 2.40. The minimum atomic E-state index is -0.166. The smallest absolute Gasteiger partial charge is 0.257 e. The van der Waals surface area contributed by atoms with Crippen LogP contribution >= 0.6 is 0 Å². The zero-order valence-corrected chi connectivity index (χ0v) is 12.5. The number of ether oxygens (including phenoxy) is 3. The number of piperidine rings is 1. The molecule has 0 aliphatic carbocycles. The molecule has 1 aliphatic heterocycles. The molecular formula is C15H19NO5. The average Bonchev–Trinajstić information content (AvgIpc) is 2.53. The summed E-state index contributed by atoms with van der Waals surface area (Å²) in [6, 6.07) is 3.32. The third-order valence-corrected chi connectivity index (χ3v) is 3.54. The van der Waals surface area contributed by atoms with Crippen molar-refractivity contribution in [2.24, 2.45) is 0 Å². The van der Waals surface area contributed by atoms with Crippen molar-refractivity contribution in [3.63, 3.8) is 0 Å². The summed E-state index contributed by atoms with van der Waals surface area (Å²) in [5.41, 5.74) is 0.407. The minimum Gasteiger partial charge on any atom is -0.493 e. The maximum absolute atomic E-state index is 12.6. The van der Waals surface area contributed by atoms with Crippen molar-refractivity contribution in [2.45, 2.75) is 12.8 Å². The van der Waals surface area contributed by atoms with Crippen molar-refractivity contribution < 1.29 is 23.8 Å². The van der Waals surface area contributed by atoms with Gasteiger partial charge in [-0.15, -0.1) is 0 Å². The number of benzene rings is 1. The van der Waals surface area contributed by atoms with Crippen LogP contribution in [0.15, 0.2) is 12.1 Å². The van der Waals surface area contributed by atoms with E-state index >= 15 is 0 Å². The van der Waals surface area contributed by atoms with Crippen molar-refractivity contribution in [1.82, 2.24) is 4.90 Å². The molecule has 0 aromatic heterocycles. The van der Waals surface area contributed by atoms with Gasteiger partial charge in [0.1, 0.15) is 5.78 Å². The number of Topliss-reactive ketones (excluding diaryl/α,β-unsaturated/α-hetero) is 1. The fraction of sp³-hybridized carbons (Fsp3) is 0.467. The zero-order valence-electron chi connectivity index (χ0n) is 12.5. The lowest BCUT2D eigenvalue weighted by molar-refractivity contribution is -0.120. The van der Waals surface area contributed by atoms with Crippen LogP contribution in [0.5, 0.6) is 17.2 Å². The van der Waals surface area contributed by atoms with Gasteiger partial charge in [-0.3, -0.25) is 9.59 Å². The van der Waals surface area contributed by atoms with Crippen LogP contribution < -0.4 is 14.2 Å². The normalized spacial score (nSPS) is 14.8. The third-order valence-electron chi connectivity index (χ3n) is 3.54. The number of ketones is 1. The van der Waals surface area contributed by atoms with Crippen LogP contribution in [0.3, 0.4) is 0 Å². The molecule has 1 saturated heterocycles. The zero-order chi connectivity index (χ0) is 15.4. The Balaban J connectivity index is 2.34. The molecule has 1 aliphatic rings. The van der Waals surface area contributed by atoms with Gasteiger partial charge in [0.15, 0.2) is 11.5 Å². The van der Waals surface area contributed by atoms with Gasteiger partial charge in [-0.05, 0) is 12.1 Å². The Morgan fingerprint density at radius 1 is 1.00 bits per heavy atom. The second kappa shape index (κ2) is 6.47. The summed E-state index contributed by atoms with van der Waals surface area (Å²) < 4.78 is 15.8. The second-order valence-corrected chi connectivity index (χ2v) is 4.71. The molecule has 0 N–H and O–H groups in total. The maximum Gasteiger partial charge on any atom is 0.257 e. The first-order valence-electron chi connectivity index (χ1n) is 6.72. The molecule has 114 valence electrons. The molecule has 0 spiro atoms. The molecule has 6 nitrogen and oxygen atoms in total. The Hall–Kier alpha value is -2.24. The number of carbonyl (C=O) groups is 2. The summed E-state index contributed by atoms with van der Waals surface area (Å²) in [7, 11) is 4.50. The Labute approximate surface area is 123 Å². The minimum absolute atomic E-state index is 0.166. The van der Waals surface area contributed by atoms with E-state index in [0.717, 1.165) is 0 Å². The van der Waals surface area contributed by atoms with Gasteiger partial charge in [0, 0.05) is 25.9 Å². The number of hydrogen-bond donors (Lipinski definition) is 0. The highest BCUT2D eigenvalue weighted by atomic mass is 16.5. The first kappa shape index (κ1) is 15.2. The highest BCUT2D eigenvalue weighted by Gasteiger charge is 2.27. The van der Waals surface area contributed by atoms with E-state index in [0.29, 0.717) is 48.7 Å². The van der Waals surface area contributed by atoms with Gasteiger partial charge in [-0.25, -0.2) is 0 Å². The van der Waals surface area contributed by atoms with Crippen molar-refractivity contribution in [2.75, 3.05) is 34.4 Å². The highest BCUT2D eigenvalue weighted by Crippen LogP contribution is 2.40. The Morgan fingerprint density at radius 3 is 2.14 bits per heavy atom. The SMILES string of the molecule is COc1ccc(C(=O)N2CCC(=O)CC2)c(OC)c1OC. The molecular weight excluding hydrogens is 274 g/mol.